The van der Waals surface area contributed by atoms with Crippen molar-refractivity contribution in [2.24, 2.45) is 5.10 Å². The number of phenolic OH excluding ortho intramolecular Hbond substituents is 1. The lowest BCUT2D eigenvalue weighted by atomic mass is 10.1. The van der Waals surface area contributed by atoms with Crippen LogP contribution in [0, 0.1) is 6.92 Å². The lowest BCUT2D eigenvalue weighted by molar-refractivity contribution is 0.373. The number of aryl methyl sites for hydroxylation is 1. The van der Waals surface area contributed by atoms with E-state index in [1.54, 1.807) is 18.2 Å². The summed E-state index contributed by atoms with van der Waals surface area (Å²) < 4.78 is 11.4. The molecule has 0 atom stereocenters. The zero-order valence-corrected chi connectivity index (χ0v) is 17.0. The Morgan fingerprint density at radius 2 is 1.94 bits per heavy atom. The molecule has 5 rings (SSSR count). The molecule has 0 fully saturated rings. The largest absolute Gasteiger partial charge is 0.504 e. The first kappa shape index (κ1) is 18.7. The van der Waals surface area contributed by atoms with Gasteiger partial charge in [0.15, 0.2) is 11.5 Å². The minimum atomic E-state index is 0.0688. The number of fused-ring (bicyclic) bond motifs is 2. The zero-order valence-electron chi connectivity index (χ0n) is 17.0. The summed E-state index contributed by atoms with van der Waals surface area (Å²) in [6, 6.07) is 20.7. The molecule has 3 aromatic carbocycles. The lowest BCUT2D eigenvalue weighted by Crippen LogP contribution is -2.08. The van der Waals surface area contributed by atoms with Crippen molar-refractivity contribution >= 4 is 28.0 Å². The molecule has 0 bridgehead atoms. The molecule has 5 aromatic rings. The van der Waals surface area contributed by atoms with E-state index in [2.05, 4.69) is 20.5 Å². The molecule has 0 saturated carbocycles. The molecule has 0 saturated heterocycles. The van der Waals surface area contributed by atoms with Crippen LogP contribution in [-0.4, -0.2) is 22.2 Å². The third-order valence-corrected chi connectivity index (χ3v) is 5.04. The third kappa shape index (κ3) is 3.57. The van der Waals surface area contributed by atoms with Crippen molar-refractivity contribution in [1.29, 1.82) is 0 Å². The van der Waals surface area contributed by atoms with E-state index in [1.807, 2.05) is 55.5 Å². The molecule has 2 heterocycles. The van der Waals surface area contributed by atoms with Gasteiger partial charge < -0.3 is 19.2 Å². The second kappa shape index (κ2) is 7.53. The Labute approximate surface area is 177 Å². The Morgan fingerprint density at radius 1 is 1.06 bits per heavy atom. The summed E-state index contributed by atoms with van der Waals surface area (Å²) in [5.74, 6) is 1.59. The minimum Gasteiger partial charge on any atom is -0.504 e. The van der Waals surface area contributed by atoms with Crippen LogP contribution in [0.2, 0.25) is 0 Å². The summed E-state index contributed by atoms with van der Waals surface area (Å²) >= 11 is 0. The predicted octanol–water partition coefficient (Wildman–Crippen LogP) is 4.93. The number of rotatable bonds is 4. The number of phenols is 1. The fraction of sp³-hybridized carbons (Fsp3) is 0.0833. The highest BCUT2D eigenvalue weighted by atomic mass is 16.5. The standard InChI is InChI=1S/C24H20N4O3/c1-14-7-9-16-19(27-28-24-25-17-5-3-4-6-18(17)26-24)13-21(31-22(16)11-14)15-8-10-20(29)23(12-15)30-2/h3-13,29H,1-2H3,(H2,25,26,28). The Hall–Kier alpha value is -4.26. The molecule has 0 radical (unpaired) electrons. The van der Waals surface area contributed by atoms with E-state index in [0.29, 0.717) is 28.4 Å². The topological polar surface area (TPSA) is 95.7 Å². The predicted molar refractivity (Wildman–Crippen MR) is 120 cm³/mol. The highest BCUT2D eigenvalue weighted by Crippen LogP contribution is 2.32. The molecule has 0 spiro atoms. The molecule has 7 heteroatoms. The SMILES string of the molecule is COc1cc(-c2cc(=NNc3nc4ccccc4[nH]3)c3ccc(C)cc3o2)ccc1O. The van der Waals surface area contributed by atoms with Crippen LogP contribution in [0.25, 0.3) is 33.3 Å². The molecule has 0 aliphatic carbocycles. The van der Waals surface area contributed by atoms with Crippen LogP contribution in [0.1, 0.15) is 5.56 Å². The first-order valence-electron chi connectivity index (χ1n) is 9.77. The molecule has 2 aromatic heterocycles. The number of aromatic hydroxyl groups is 1. The summed E-state index contributed by atoms with van der Waals surface area (Å²) in [4.78, 5) is 7.71. The van der Waals surface area contributed by atoms with Crippen LogP contribution < -0.4 is 15.5 Å². The van der Waals surface area contributed by atoms with Gasteiger partial charge in [-0.05, 0) is 55.0 Å². The van der Waals surface area contributed by atoms with E-state index in [9.17, 15) is 5.11 Å². The molecule has 0 amide bonds. The summed E-state index contributed by atoms with van der Waals surface area (Å²) in [5.41, 5.74) is 7.35. The van der Waals surface area contributed by atoms with Gasteiger partial charge in [-0.2, -0.15) is 5.10 Å². The number of methoxy groups -OCH3 is 1. The normalized spacial score (nSPS) is 11.9. The molecule has 7 nitrogen and oxygen atoms in total. The number of hydrogen-bond donors (Lipinski definition) is 3. The van der Waals surface area contributed by atoms with Crippen molar-refractivity contribution in [2.75, 3.05) is 12.5 Å². The van der Waals surface area contributed by atoms with Crippen LogP contribution in [0.15, 0.2) is 76.2 Å². The second-order valence-corrected chi connectivity index (χ2v) is 7.21. The van der Waals surface area contributed by atoms with E-state index >= 15 is 0 Å². The highest BCUT2D eigenvalue weighted by molar-refractivity contribution is 5.80. The first-order valence-corrected chi connectivity index (χ1v) is 9.77. The number of anilines is 1. The fourth-order valence-corrected chi connectivity index (χ4v) is 3.46. The zero-order chi connectivity index (χ0) is 21.4. The molecule has 0 aliphatic heterocycles. The molecular weight excluding hydrogens is 392 g/mol. The van der Waals surface area contributed by atoms with Crippen LogP contribution in [-0.2, 0) is 0 Å². The summed E-state index contributed by atoms with van der Waals surface area (Å²) in [6.45, 7) is 2.01. The van der Waals surface area contributed by atoms with E-state index < -0.39 is 0 Å². The summed E-state index contributed by atoms with van der Waals surface area (Å²) in [6.07, 6.45) is 0. The number of para-hydroxylation sites is 2. The summed E-state index contributed by atoms with van der Waals surface area (Å²) in [7, 11) is 1.51. The van der Waals surface area contributed by atoms with Gasteiger partial charge in [0, 0.05) is 17.0 Å². The monoisotopic (exact) mass is 412 g/mol. The molecule has 31 heavy (non-hydrogen) atoms. The van der Waals surface area contributed by atoms with Crippen molar-refractivity contribution in [1.82, 2.24) is 9.97 Å². The molecule has 0 unspecified atom stereocenters. The van der Waals surface area contributed by atoms with Gasteiger partial charge in [-0.1, -0.05) is 18.2 Å². The van der Waals surface area contributed by atoms with Crippen molar-refractivity contribution in [3.8, 4) is 22.8 Å². The van der Waals surface area contributed by atoms with Gasteiger partial charge in [-0.25, -0.2) is 10.4 Å². The van der Waals surface area contributed by atoms with Crippen molar-refractivity contribution in [2.45, 2.75) is 6.92 Å². The van der Waals surface area contributed by atoms with Crippen molar-refractivity contribution in [3.05, 3.63) is 77.7 Å². The smallest absolute Gasteiger partial charge is 0.222 e. The van der Waals surface area contributed by atoms with Gasteiger partial charge in [0.2, 0.25) is 5.95 Å². The number of nitrogens with one attached hydrogen (secondary N) is 2. The second-order valence-electron chi connectivity index (χ2n) is 7.21. The van der Waals surface area contributed by atoms with Gasteiger partial charge >= 0.3 is 0 Å². The van der Waals surface area contributed by atoms with Gasteiger partial charge in [0.05, 0.1) is 23.5 Å². The Morgan fingerprint density at radius 3 is 2.77 bits per heavy atom. The number of aromatic amines is 1. The number of imidazole rings is 1. The van der Waals surface area contributed by atoms with Crippen molar-refractivity contribution in [3.63, 3.8) is 0 Å². The van der Waals surface area contributed by atoms with Gasteiger partial charge in [0.25, 0.3) is 0 Å². The average Bonchev–Trinajstić information content (AvgIpc) is 3.20. The van der Waals surface area contributed by atoms with Gasteiger partial charge in [-0.3, -0.25) is 0 Å². The maximum absolute atomic E-state index is 9.92. The molecule has 3 N–H and O–H groups in total. The Balaban J connectivity index is 1.64. The average molecular weight is 412 g/mol. The van der Waals surface area contributed by atoms with Crippen LogP contribution in [0.4, 0.5) is 5.95 Å². The number of benzene rings is 3. The number of H-pyrrole nitrogens is 1. The maximum atomic E-state index is 9.92. The highest BCUT2D eigenvalue weighted by Gasteiger charge is 2.10. The minimum absolute atomic E-state index is 0.0688. The Bertz CT molecular complexity index is 1450. The third-order valence-electron chi connectivity index (χ3n) is 5.04. The number of hydrogen-bond acceptors (Lipinski definition) is 6. The lowest BCUT2D eigenvalue weighted by Gasteiger charge is -2.08. The molecular formula is C24H20N4O3. The van der Waals surface area contributed by atoms with Crippen LogP contribution in [0.3, 0.4) is 0 Å². The quantitative estimate of drug-likeness (QED) is 0.364. The van der Waals surface area contributed by atoms with E-state index in [1.165, 1.54) is 7.11 Å². The summed E-state index contributed by atoms with van der Waals surface area (Å²) in [5, 5.41) is 16.1. The van der Waals surface area contributed by atoms with Crippen molar-refractivity contribution < 1.29 is 14.3 Å². The van der Waals surface area contributed by atoms with Crippen LogP contribution >= 0.6 is 0 Å². The molecule has 0 aliphatic rings. The molecule has 154 valence electrons. The fourth-order valence-electron chi connectivity index (χ4n) is 3.46. The van der Waals surface area contributed by atoms with E-state index in [0.717, 1.165) is 27.5 Å². The van der Waals surface area contributed by atoms with Gasteiger partial charge in [0.1, 0.15) is 11.3 Å². The number of aromatic nitrogens is 2. The number of ether oxygens (including phenoxy) is 1. The maximum Gasteiger partial charge on any atom is 0.222 e. The Kier molecular flexibility index (Phi) is 4.55. The number of nitrogens with zero attached hydrogens (tertiary/aromatic N) is 2. The first-order chi connectivity index (χ1) is 15.1. The van der Waals surface area contributed by atoms with Crippen LogP contribution in [0.5, 0.6) is 11.5 Å². The van der Waals surface area contributed by atoms with E-state index in [4.69, 9.17) is 9.15 Å². The van der Waals surface area contributed by atoms with E-state index in [-0.39, 0.29) is 5.75 Å². The van der Waals surface area contributed by atoms with Gasteiger partial charge in [-0.15, -0.1) is 0 Å².